The Morgan fingerprint density at radius 3 is 2.51 bits per heavy atom. The van der Waals surface area contributed by atoms with E-state index in [0.29, 0.717) is 4.88 Å². The lowest BCUT2D eigenvalue weighted by Gasteiger charge is -2.15. The van der Waals surface area contributed by atoms with Crippen molar-refractivity contribution in [1.29, 1.82) is 0 Å². The molecule has 9 heteroatoms. The Hall–Kier alpha value is -3.85. The number of thiazole rings is 1. The lowest BCUT2D eigenvalue weighted by Crippen LogP contribution is -2.25. The summed E-state index contributed by atoms with van der Waals surface area (Å²) in [6, 6.07) is 9.92. The number of aromatic nitrogens is 6. The van der Waals surface area contributed by atoms with Gasteiger partial charge in [0.05, 0.1) is 46.9 Å². The molecule has 4 heterocycles. The number of benzene rings is 1. The van der Waals surface area contributed by atoms with Gasteiger partial charge in [-0.3, -0.25) is 9.48 Å². The Labute approximate surface area is 207 Å². The molecule has 2 aromatic heterocycles. The molecule has 2 aliphatic rings. The van der Waals surface area contributed by atoms with Crippen molar-refractivity contribution >= 4 is 17.2 Å². The van der Waals surface area contributed by atoms with Crippen LogP contribution in [0.2, 0.25) is 0 Å². The third kappa shape index (κ3) is 4.59. The number of aromatic amines is 1. The van der Waals surface area contributed by atoms with Gasteiger partial charge in [-0.1, -0.05) is 45.0 Å². The summed E-state index contributed by atoms with van der Waals surface area (Å²) in [6.07, 6.45) is 7.08. The Balaban J connectivity index is 1.34. The summed E-state index contributed by atoms with van der Waals surface area (Å²) in [7, 11) is 1.89. The van der Waals surface area contributed by atoms with Crippen molar-refractivity contribution < 1.29 is 4.79 Å². The van der Waals surface area contributed by atoms with Crippen LogP contribution in [0.1, 0.15) is 54.0 Å². The summed E-state index contributed by atoms with van der Waals surface area (Å²) in [5.74, 6) is -0.111. The van der Waals surface area contributed by atoms with Gasteiger partial charge in [-0.15, -0.1) is 11.3 Å². The van der Waals surface area contributed by atoms with Crippen LogP contribution >= 0.6 is 11.3 Å². The van der Waals surface area contributed by atoms with Gasteiger partial charge >= 0.3 is 0 Å². The maximum Gasteiger partial charge on any atom is 0.263 e. The minimum absolute atomic E-state index is 0.0748. The van der Waals surface area contributed by atoms with E-state index in [1.165, 1.54) is 11.3 Å². The first-order valence-electron chi connectivity index (χ1n) is 11.4. The molecule has 5 rings (SSSR count). The molecule has 2 aliphatic heterocycles. The molecule has 0 fully saturated rings. The maximum absolute atomic E-state index is 12.8. The molecule has 0 bridgehead atoms. The fourth-order valence-electron chi connectivity index (χ4n) is 3.86. The van der Waals surface area contributed by atoms with E-state index in [9.17, 15) is 4.79 Å². The van der Waals surface area contributed by atoms with Gasteiger partial charge < -0.3 is 10.3 Å². The van der Waals surface area contributed by atoms with Crippen molar-refractivity contribution in [3.05, 3.63) is 70.7 Å². The summed E-state index contributed by atoms with van der Waals surface area (Å²) in [4.78, 5) is 30.4. The second kappa shape index (κ2) is 8.74. The van der Waals surface area contributed by atoms with Gasteiger partial charge in [-0.05, 0) is 18.6 Å². The maximum atomic E-state index is 12.8. The summed E-state index contributed by atoms with van der Waals surface area (Å²) in [6.45, 7) is 8.26. The number of hydrogen-bond donors (Lipinski definition) is 2. The molecule has 35 heavy (non-hydrogen) atoms. The van der Waals surface area contributed by atoms with Crippen molar-refractivity contribution in [1.82, 2.24) is 35.0 Å². The fourth-order valence-corrected chi connectivity index (χ4v) is 4.73. The van der Waals surface area contributed by atoms with Crippen LogP contribution in [0.5, 0.6) is 0 Å². The highest BCUT2D eigenvalue weighted by molar-refractivity contribution is 7.13. The van der Waals surface area contributed by atoms with Gasteiger partial charge in [0.15, 0.2) is 0 Å². The topological polar surface area (TPSA) is 101 Å². The van der Waals surface area contributed by atoms with Crippen molar-refractivity contribution in [2.24, 2.45) is 7.05 Å². The SMILES string of the molecule is CC(NC(=O)c1cnc(C(C)(C)C)s1)c1ccc(-c2nc[nH]c3cc(-c4cnn(C)c4)nc2-3)cc1. The highest BCUT2D eigenvalue weighted by atomic mass is 32.1. The van der Waals surface area contributed by atoms with E-state index < -0.39 is 0 Å². The second-order valence-electron chi connectivity index (χ2n) is 9.65. The summed E-state index contributed by atoms with van der Waals surface area (Å²) in [5, 5.41) is 8.27. The first-order chi connectivity index (χ1) is 16.7. The third-order valence-corrected chi connectivity index (χ3v) is 7.23. The molecule has 0 saturated carbocycles. The van der Waals surface area contributed by atoms with Gasteiger partial charge in [-0.2, -0.15) is 5.10 Å². The predicted molar refractivity (Wildman–Crippen MR) is 137 cm³/mol. The van der Waals surface area contributed by atoms with Crippen LogP contribution < -0.4 is 5.32 Å². The number of nitrogens with one attached hydrogen (secondary N) is 2. The first-order valence-corrected chi connectivity index (χ1v) is 12.2. The minimum Gasteiger partial charge on any atom is -0.345 e. The van der Waals surface area contributed by atoms with Crippen LogP contribution in [-0.4, -0.2) is 35.6 Å². The van der Waals surface area contributed by atoms with Gasteiger partial charge in [0.1, 0.15) is 10.6 Å². The monoisotopic (exact) mass is 485 g/mol. The molecule has 2 N–H and O–H groups in total. The summed E-state index contributed by atoms with van der Waals surface area (Å²) in [5.41, 5.74) is 6.22. The molecule has 1 amide bonds. The molecule has 0 radical (unpaired) electrons. The van der Waals surface area contributed by atoms with Crippen LogP contribution in [0.25, 0.3) is 33.9 Å². The fraction of sp³-hybridized carbons (Fsp3) is 0.269. The number of fused-ring (bicyclic) bond motifs is 1. The molecule has 3 aromatic rings. The van der Waals surface area contributed by atoms with Crippen LogP contribution in [0.4, 0.5) is 0 Å². The average Bonchev–Trinajstić information content (AvgIpc) is 3.57. The lowest BCUT2D eigenvalue weighted by atomic mass is 9.98. The molecule has 1 atom stereocenters. The van der Waals surface area contributed by atoms with E-state index in [1.807, 2.05) is 50.5 Å². The molecule has 0 aliphatic carbocycles. The number of hydrogen-bond acceptors (Lipinski definition) is 6. The van der Waals surface area contributed by atoms with Gasteiger partial charge in [0.2, 0.25) is 0 Å². The molecule has 1 unspecified atom stereocenters. The Morgan fingerprint density at radius 2 is 1.86 bits per heavy atom. The Morgan fingerprint density at radius 1 is 1.09 bits per heavy atom. The zero-order valence-corrected chi connectivity index (χ0v) is 21.1. The van der Waals surface area contributed by atoms with E-state index in [2.05, 4.69) is 46.1 Å². The molecular weight excluding hydrogens is 458 g/mol. The van der Waals surface area contributed by atoms with Crippen molar-refractivity contribution in [3.8, 4) is 33.9 Å². The molecule has 0 saturated heterocycles. The standard InChI is InChI=1S/C26H27N7OS/c1-15(31-24(34)21-12-27-25(35-21)26(2,3)4)16-6-8-17(9-7-16)22-23-20(28-14-29-22)10-19(32-23)18-11-30-33(5)13-18/h6-15H,1-5H3,(H,28,29)(H,31,34). The van der Waals surface area contributed by atoms with Crippen LogP contribution in [0, 0.1) is 0 Å². The quantitative estimate of drug-likeness (QED) is 0.355. The van der Waals surface area contributed by atoms with Crippen molar-refractivity contribution in [3.63, 3.8) is 0 Å². The zero-order chi connectivity index (χ0) is 24.7. The summed E-state index contributed by atoms with van der Waals surface area (Å²) >= 11 is 1.44. The lowest BCUT2D eigenvalue weighted by molar-refractivity contribution is 0.0944. The first kappa shape index (κ1) is 22.9. The van der Waals surface area contributed by atoms with E-state index in [-0.39, 0.29) is 17.4 Å². The highest BCUT2D eigenvalue weighted by Crippen LogP contribution is 2.34. The van der Waals surface area contributed by atoms with E-state index >= 15 is 0 Å². The van der Waals surface area contributed by atoms with Crippen LogP contribution in [0.15, 0.2) is 55.2 Å². The molecule has 0 spiro atoms. The Bertz CT molecular complexity index is 1460. The van der Waals surface area contributed by atoms with Gasteiger partial charge in [0.25, 0.3) is 5.91 Å². The van der Waals surface area contributed by atoms with Crippen LogP contribution in [-0.2, 0) is 12.5 Å². The molecule has 8 nitrogen and oxygen atoms in total. The van der Waals surface area contributed by atoms with Gasteiger partial charge in [-0.25, -0.2) is 15.0 Å². The number of H-pyrrole nitrogens is 1. The number of nitrogens with zero attached hydrogens (tertiary/aromatic N) is 5. The van der Waals surface area contributed by atoms with Crippen molar-refractivity contribution in [2.75, 3.05) is 0 Å². The average molecular weight is 486 g/mol. The van der Waals surface area contributed by atoms with Crippen molar-refractivity contribution in [2.45, 2.75) is 39.2 Å². The molecule has 1 aromatic carbocycles. The largest absolute Gasteiger partial charge is 0.345 e. The van der Waals surface area contributed by atoms with E-state index in [0.717, 1.165) is 44.5 Å². The zero-order valence-electron chi connectivity index (χ0n) is 20.3. The normalized spacial score (nSPS) is 12.7. The molecular formula is C26H27N7OS. The number of carbonyl (C=O) groups is 1. The molecule has 178 valence electrons. The van der Waals surface area contributed by atoms with E-state index in [1.54, 1.807) is 23.4 Å². The smallest absolute Gasteiger partial charge is 0.263 e. The predicted octanol–water partition coefficient (Wildman–Crippen LogP) is 5.22. The number of carbonyl (C=O) groups excluding carboxylic acids is 1. The number of amides is 1. The van der Waals surface area contributed by atoms with Crippen LogP contribution in [0.3, 0.4) is 0 Å². The number of rotatable bonds is 5. The summed E-state index contributed by atoms with van der Waals surface area (Å²) < 4.78 is 1.76. The third-order valence-electron chi connectivity index (χ3n) is 5.81. The minimum atomic E-state index is -0.150. The highest BCUT2D eigenvalue weighted by Gasteiger charge is 2.22. The second-order valence-corrected chi connectivity index (χ2v) is 10.7. The Kier molecular flexibility index (Phi) is 5.72. The van der Waals surface area contributed by atoms with E-state index in [4.69, 9.17) is 4.98 Å². The number of aryl methyl sites for hydroxylation is 1. The van der Waals surface area contributed by atoms with Gasteiger partial charge in [0, 0.05) is 29.8 Å².